The minimum Gasteiger partial charge on any atom is -0.302 e. The van der Waals surface area contributed by atoms with Gasteiger partial charge >= 0.3 is 0 Å². The third-order valence-electron chi connectivity index (χ3n) is 2.65. The van der Waals surface area contributed by atoms with Crippen molar-refractivity contribution in [1.82, 2.24) is 14.9 Å². The Bertz CT molecular complexity index is 563. The first-order valence-corrected chi connectivity index (χ1v) is 6.91. The van der Waals surface area contributed by atoms with Gasteiger partial charge in [-0.2, -0.15) is 0 Å². The molecule has 0 aliphatic carbocycles. The molecule has 0 bridgehead atoms. The molecule has 0 fully saturated rings. The third-order valence-corrected chi connectivity index (χ3v) is 3.86. The van der Waals surface area contributed by atoms with Crippen LogP contribution in [-0.4, -0.2) is 41.3 Å². The molecule has 0 aliphatic heterocycles. The van der Waals surface area contributed by atoms with E-state index in [-0.39, 0.29) is 5.78 Å². The fourth-order valence-electron chi connectivity index (χ4n) is 1.79. The van der Waals surface area contributed by atoms with E-state index >= 15 is 0 Å². The molecule has 0 saturated heterocycles. The molecule has 0 atom stereocenters. The standard InChI is InChI=1S/C14H17N3OS/c1-10-13(7-12(18)9-17(2)3)19-14(16-10)11-5-4-6-15-8-11/h4-6,8H,7,9H2,1-3H3. The van der Waals surface area contributed by atoms with E-state index < -0.39 is 0 Å². The molecule has 0 aliphatic rings. The van der Waals surface area contributed by atoms with Gasteiger partial charge in [-0.15, -0.1) is 11.3 Å². The van der Waals surface area contributed by atoms with Gasteiger partial charge in [0.15, 0.2) is 5.78 Å². The number of aromatic nitrogens is 2. The summed E-state index contributed by atoms with van der Waals surface area (Å²) in [5.74, 6) is 0.217. The highest BCUT2D eigenvalue weighted by Crippen LogP contribution is 2.27. The summed E-state index contributed by atoms with van der Waals surface area (Å²) in [5, 5.41) is 0.929. The Morgan fingerprint density at radius 3 is 2.84 bits per heavy atom. The van der Waals surface area contributed by atoms with Gasteiger partial charge in [0, 0.05) is 29.3 Å². The second kappa shape index (κ2) is 6.04. The average molecular weight is 275 g/mol. The van der Waals surface area contributed by atoms with E-state index in [2.05, 4.69) is 9.97 Å². The number of ketones is 1. The van der Waals surface area contributed by atoms with Crippen molar-refractivity contribution in [2.75, 3.05) is 20.6 Å². The van der Waals surface area contributed by atoms with Gasteiger partial charge in [-0.1, -0.05) is 0 Å². The molecule has 0 saturated carbocycles. The number of rotatable bonds is 5. The van der Waals surface area contributed by atoms with E-state index in [1.54, 1.807) is 23.7 Å². The van der Waals surface area contributed by atoms with E-state index in [9.17, 15) is 4.79 Å². The first kappa shape index (κ1) is 13.8. The average Bonchev–Trinajstić information content (AvgIpc) is 2.71. The Kier molecular flexibility index (Phi) is 4.39. The van der Waals surface area contributed by atoms with Crippen LogP contribution in [0.4, 0.5) is 0 Å². The van der Waals surface area contributed by atoms with Crippen LogP contribution in [0.3, 0.4) is 0 Å². The number of thiazole rings is 1. The van der Waals surface area contributed by atoms with Crippen LogP contribution in [0, 0.1) is 6.92 Å². The minimum absolute atomic E-state index is 0.217. The van der Waals surface area contributed by atoms with Gasteiger partial charge in [-0.3, -0.25) is 9.78 Å². The summed E-state index contributed by atoms with van der Waals surface area (Å²) in [6, 6.07) is 3.87. The van der Waals surface area contributed by atoms with Crippen LogP contribution in [0.2, 0.25) is 0 Å². The van der Waals surface area contributed by atoms with Gasteiger partial charge in [0.1, 0.15) is 5.01 Å². The summed E-state index contributed by atoms with van der Waals surface area (Å²) < 4.78 is 0. The molecule has 19 heavy (non-hydrogen) atoms. The lowest BCUT2D eigenvalue weighted by Gasteiger charge is -2.07. The van der Waals surface area contributed by atoms with Crippen molar-refractivity contribution in [1.29, 1.82) is 0 Å². The van der Waals surface area contributed by atoms with Crippen LogP contribution in [0.25, 0.3) is 10.6 Å². The van der Waals surface area contributed by atoms with E-state index in [0.29, 0.717) is 13.0 Å². The Labute approximate surface area is 117 Å². The van der Waals surface area contributed by atoms with Crippen molar-refractivity contribution in [3.8, 4) is 10.6 Å². The zero-order valence-corrected chi connectivity index (χ0v) is 12.2. The van der Waals surface area contributed by atoms with Crippen LogP contribution in [-0.2, 0) is 11.2 Å². The lowest BCUT2D eigenvalue weighted by Crippen LogP contribution is -2.22. The topological polar surface area (TPSA) is 46.1 Å². The molecule has 2 aromatic rings. The van der Waals surface area contributed by atoms with Gasteiger partial charge in [0.25, 0.3) is 0 Å². The fraction of sp³-hybridized carbons (Fsp3) is 0.357. The maximum atomic E-state index is 11.8. The number of hydrogen-bond acceptors (Lipinski definition) is 5. The highest BCUT2D eigenvalue weighted by Gasteiger charge is 2.13. The number of pyridine rings is 1. The number of nitrogens with zero attached hydrogens (tertiary/aromatic N) is 3. The van der Waals surface area contributed by atoms with Gasteiger partial charge in [-0.25, -0.2) is 4.98 Å². The molecule has 2 heterocycles. The van der Waals surface area contributed by atoms with Crippen molar-refractivity contribution in [2.45, 2.75) is 13.3 Å². The highest BCUT2D eigenvalue weighted by atomic mass is 32.1. The largest absolute Gasteiger partial charge is 0.302 e. The molecular weight excluding hydrogens is 258 g/mol. The van der Waals surface area contributed by atoms with Gasteiger partial charge in [0.2, 0.25) is 0 Å². The summed E-state index contributed by atoms with van der Waals surface area (Å²) in [6.45, 7) is 2.42. The number of Topliss-reactive ketones (excluding diaryl/α,β-unsaturated/α-hetero) is 1. The van der Waals surface area contributed by atoms with Crippen molar-refractivity contribution in [3.63, 3.8) is 0 Å². The van der Waals surface area contributed by atoms with Gasteiger partial charge in [0.05, 0.1) is 12.2 Å². The monoisotopic (exact) mass is 275 g/mol. The molecule has 4 nitrogen and oxygen atoms in total. The molecule has 0 amide bonds. The van der Waals surface area contributed by atoms with Gasteiger partial charge < -0.3 is 4.90 Å². The number of carbonyl (C=O) groups is 1. The quantitative estimate of drug-likeness (QED) is 0.839. The summed E-state index contributed by atoms with van der Waals surface area (Å²) in [7, 11) is 3.80. The van der Waals surface area contributed by atoms with Crippen molar-refractivity contribution >= 4 is 17.1 Å². The number of aryl methyl sites for hydroxylation is 1. The normalized spacial score (nSPS) is 10.9. The number of likely N-dealkylation sites (N-methyl/N-ethyl adjacent to an activating group) is 1. The van der Waals surface area contributed by atoms with Crippen molar-refractivity contribution < 1.29 is 4.79 Å². The SMILES string of the molecule is Cc1nc(-c2cccnc2)sc1CC(=O)CN(C)C. The smallest absolute Gasteiger partial charge is 0.152 e. The van der Waals surface area contributed by atoms with E-state index in [1.165, 1.54) is 0 Å². The molecule has 5 heteroatoms. The molecule has 0 aromatic carbocycles. The fourth-order valence-corrected chi connectivity index (χ4v) is 2.87. The van der Waals surface area contributed by atoms with Crippen LogP contribution in [0.5, 0.6) is 0 Å². The molecule has 0 radical (unpaired) electrons. The number of carbonyl (C=O) groups excluding carboxylic acids is 1. The Morgan fingerprint density at radius 1 is 1.42 bits per heavy atom. The van der Waals surface area contributed by atoms with Crippen LogP contribution in [0.1, 0.15) is 10.6 Å². The van der Waals surface area contributed by atoms with E-state index in [0.717, 1.165) is 21.1 Å². The molecule has 0 unspecified atom stereocenters. The molecular formula is C14H17N3OS. The summed E-state index contributed by atoms with van der Waals surface area (Å²) in [6.07, 6.45) is 4.00. The van der Waals surface area contributed by atoms with E-state index in [4.69, 9.17) is 0 Å². The van der Waals surface area contributed by atoms with Crippen LogP contribution >= 0.6 is 11.3 Å². The van der Waals surface area contributed by atoms with Crippen molar-refractivity contribution in [3.05, 3.63) is 35.1 Å². The maximum Gasteiger partial charge on any atom is 0.152 e. The lowest BCUT2D eigenvalue weighted by atomic mass is 10.2. The molecule has 2 aromatic heterocycles. The summed E-state index contributed by atoms with van der Waals surface area (Å²) >= 11 is 1.58. The zero-order chi connectivity index (χ0) is 13.8. The molecule has 2 rings (SSSR count). The first-order valence-electron chi connectivity index (χ1n) is 6.09. The summed E-state index contributed by atoms with van der Waals surface area (Å²) in [4.78, 5) is 23.4. The van der Waals surface area contributed by atoms with Gasteiger partial charge in [-0.05, 0) is 33.2 Å². The van der Waals surface area contributed by atoms with Crippen LogP contribution in [0.15, 0.2) is 24.5 Å². The molecule has 0 spiro atoms. The first-order chi connectivity index (χ1) is 9.06. The third kappa shape index (κ3) is 3.68. The zero-order valence-electron chi connectivity index (χ0n) is 11.4. The predicted octanol–water partition coefficient (Wildman–Crippen LogP) is 2.19. The second-order valence-electron chi connectivity index (χ2n) is 4.72. The predicted molar refractivity (Wildman–Crippen MR) is 77.3 cm³/mol. The Morgan fingerprint density at radius 2 is 2.21 bits per heavy atom. The second-order valence-corrected chi connectivity index (χ2v) is 5.81. The molecule has 0 N–H and O–H groups in total. The van der Waals surface area contributed by atoms with E-state index in [1.807, 2.05) is 38.1 Å². The van der Waals surface area contributed by atoms with Crippen LogP contribution < -0.4 is 0 Å². The Hall–Kier alpha value is -1.59. The number of hydrogen-bond donors (Lipinski definition) is 0. The summed E-state index contributed by atoms with van der Waals surface area (Å²) in [5.41, 5.74) is 1.94. The maximum absolute atomic E-state index is 11.8. The van der Waals surface area contributed by atoms with Crippen molar-refractivity contribution in [2.24, 2.45) is 0 Å². The highest BCUT2D eigenvalue weighted by molar-refractivity contribution is 7.15. The molecule has 100 valence electrons. The lowest BCUT2D eigenvalue weighted by molar-refractivity contribution is -0.118. The minimum atomic E-state index is 0.217. The Balaban J connectivity index is 2.16.